The quantitative estimate of drug-likeness (QED) is 0.648. The van der Waals surface area contributed by atoms with Gasteiger partial charge in [-0.25, -0.2) is 0 Å². The summed E-state index contributed by atoms with van der Waals surface area (Å²) >= 11 is 0. The molecule has 0 aliphatic carbocycles. The van der Waals surface area contributed by atoms with E-state index >= 15 is 0 Å². The normalized spacial score (nSPS) is 22.9. The van der Waals surface area contributed by atoms with Crippen molar-refractivity contribution in [2.45, 2.75) is 18.9 Å². The molecular weight excluding hydrogens is 170 g/mol. The Morgan fingerprint density at radius 1 is 1.46 bits per heavy atom. The molecule has 1 atom stereocenters. The Balaban J connectivity index is 2.16. The molecule has 1 aliphatic heterocycles. The molecule has 4 heteroatoms. The van der Waals surface area contributed by atoms with Gasteiger partial charge in [0, 0.05) is 6.42 Å². The summed E-state index contributed by atoms with van der Waals surface area (Å²) < 4.78 is 5.10. The maximum Gasteiger partial charge on any atom is 0.228 e. The van der Waals surface area contributed by atoms with E-state index in [0.717, 1.165) is 0 Å². The summed E-state index contributed by atoms with van der Waals surface area (Å²) in [6.07, 6.45) is 1.86. The molecule has 2 heterocycles. The number of hydrogen-bond acceptors (Lipinski definition) is 3. The summed E-state index contributed by atoms with van der Waals surface area (Å²) in [6, 6.07) is 3.22. The minimum Gasteiger partial charge on any atom is -0.467 e. The molecule has 1 aromatic rings. The summed E-state index contributed by atoms with van der Waals surface area (Å²) in [6.45, 7) is 0. The predicted molar refractivity (Wildman–Crippen MR) is 43.8 cm³/mol. The van der Waals surface area contributed by atoms with Crippen LogP contribution in [0.4, 0.5) is 0 Å². The third kappa shape index (κ3) is 1.61. The fourth-order valence-electron chi connectivity index (χ4n) is 1.44. The number of carbonyl (C=O) groups is 2. The third-order valence-electron chi connectivity index (χ3n) is 2.01. The van der Waals surface area contributed by atoms with Crippen LogP contribution in [0.3, 0.4) is 0 Å². The number of furan rings is 1. The molecule has 2 rings (SSSR count). The van der Waals surface area contributed by atoms with E-state index in [-0.39, 0.29) is 24.2 Å². The van der Waals surface area contributed by atoms with Crippen molar-refractivity contribution in [1.82, 2.24) is 5.32 Å². The topological polar surface area (TPSA) is 59.3 Å². The number of nitrogens with one attached hydrogen (secondary N) is 1. The van der Waals surface area contributed by atoms with Gasteiger partial charge in [-0.15, -0.1) is 0 Å². The van der Waals surface area contributed by atoms with E-state index in [1.165, 1.54) is 6.26 Å². The Morgan fingerprint density at radius 3 is 2.92 bits per heavy atom. The van der Waals surface area contributed by atoms with Crippen LogP contribution < -0.4 is 5.32 Å². The highest BCUT2D eigenvalue weighted by atomic mass is 16.3. The molecule has 68 valence electrons. The van der Waals surface area contributed by atoms with E-state index in [1.54, 1.807) is 12.1 Å². The van der Waals surface area contributed by atoms with Crippen molar-refractivity contribution in [3.05, 3.63) is 24.2 Å². The zero-order valence-corrected chi connectivity index (χ0v) is 6.95. The van der Waals surface area contributed by atoms with Gasteiger partial charge in [0.25, 0.3) is 0 Å². The Morgan fingerprint density at radius 2 is 2.31 bits per heavy atom. The molecule has 0 radical (unpaired) electrons. The second kappa shape index (κ2) is 3.05. The van der Waals surface area contributed by atoms with E-state index in [1.807, 2.05) is 0 Å². The SMILES string of the molecule is O=C1CC(=O)NC(c2ccco2)C1. The van der Waals surface area contributed by atoms with Crippen LogP contribution in [0.15, 0.2) is 22.8 Å². The van der Waals surface area contributed by atoms with Gasteiger partial charge in [-0.05, 0) is 12.1 Å². The number of piperidine rings is 1. The lowest BCUT2D eigenvalue weighted by molar-refractivity contribution is -0.132. The van der Waals surface area contributed by atoms with Crippen molar-refractivity contribution in [3.8, 4) is 0 Å². The molecule has 0 aromatic carbocycles. The number of amides is 1. The second-order valence-electron chi connectivity index (χ2n) is 3.06. The van der Waals surface area contributed by atoms with Crippen LogP contribution in [0.2, 0.25) is 0 Å². The smallest absolute Gasteiger partial charge is 0.228 e. The van der Waals surface area contributed by atoms with Gasteiger partial charge in [0.1, 0.15) is 11.5 Å². The summed E-state index contributed by atoms with van der Waals surface area (Å²) in [4.78, 5) is 22.1. The molecule has 1 aliphatic rings. The Labute approximate surface area is 74.9 Å². The van der Waals surface area contributed by atoms with Crippen LogP contribution in [-0.2, 0) is 9.59 Å². The first-order valence-corrected chi connectivity index (χ1v) is 4.10. The average Bonchev–Trinajstić information content (AvgIpc) is 2.53. The highest BCUT2D eigenvalue weighted by Crippen LogP contribution is 2.21. The predicted octanol–water partition coefficient (Wildman–Crippen LogP) is 0.800. The fourth-order valence-corrected chi connectivity index (χ4v) is 1.44. The van der Waals surface area contributed by atoms with Crippen molar-refractivity contribution in [2.75, 3.05) is 0 Å². The first-order valence-electron chi connectivity index (χ1n) is 4.10. The van der Waals surface area contributed by atoms with Gasteiger partial charge in [0.05, 0.1) is 18.7 Å². The van der Waals surface area contributed by atoms with E-state index in [2.05, 4.69) is 5.32 Å². The van der Waals surface area contributed by atoms with Gasteiger partial charge in [-0.1, -0.05) is 0 Å². The van der Waals surface area contributed by atoms with Crippen LogP contribution in [0, 0.1) is 0 Å². The van der Waals surface area contributed by atoms with Gasteiger partial charge in [-0.2, -0.15) is 0 Å². The molecule has 0 spiro atoms. The first-order chi connectivity index (χ1) is 6.25. The van der Waals surface area contributed by atoms with Gasteiger partial charge in [-0.3, -0.25) is 9.59 Å². The Bertz CT molecular complexity index is 313. The zero-order chi connectivity index (χ0) is 9.26. The van der Waals surface area contributed by atoms with Crippen molar-refractivity contribution in [3.63, 3.8) is 0 Å². The van der Waals surface area contributed by atoms with E-state index in [4.69, 9.17) is 4.42 Å². The Kier molecular flexibility index (Phi) is 1.88. The van der Waals surface area contributed by atoms with Crippen molar-refractivity contribution in [1.29, 1.82) is 0 Å². The number of hydrogen-bond donors (Lipinski definition) is 1. The lowest BCUT2D eigenvalue weighted by Gasteiger charge is -2.20. The molecule has 13 heavy (non-hydrogen) atoms. The van der Waals surface area contributed by atoms with Gasteiger partial charge >= 0.3 is 0 Å². The van der Waals surface area contributed by atoms with Crippen molar-refractivity contribution >= 4 is 11.7 Å². The van der Waals surface area contributed by atoms with Gasteiger partial charge in [0.2, 0.25) is 5.91 Å². The van der Waals surface area contributed by atoms with E-state index < -0.39 is 0 Å². The van der Waals surface area contributed by atoms with Crippen molar-refractivity contribution < 1.29 is 14.0 Å². The highest BCUT2D eigenvalue weighted by molar-refractivity contribution is 6.00. The molecule has 0 saturated carbocycles. The second-order valence-corrected chi connectivity index (χ2v) is 3.06. The van der Waals surface area contributed by atoms with E-state index in [9.17, 15) is 9.59 Å². The first kappa shape index (κ1) is 8.04. The fraction of sp³-hybridized carbons (Fsp3) is 0.333. The largest absolute Gasteiger partial charge is 0.467 e. The van der Waals surface area contributed by atoms with Crippen LogP contribution in [0.25, 0.3) is 0 Å². The zero-order valence-electron chi connectivity index (χ0n) is 6.95. The maximum absolute atomic E-state index is 11.1. The summed E-state index contributed by atoms with van der Waals surface area (Å²) in [5.74, 6) is 0.379. The molecule has 1 saturated heterocycles. The summed E-state index contributed by atoms with van der Waals surface area (Å²) in [5.41, 5.74) is 0. The van der Waals surface area contributed by atoms with Crippen LogP contribution in [0.5, 0.6) is 0 Å². The lowest BCUT2D eigenvalue weighted by Crippen LogP contribution is -2.36. The van der Waals surface area contributed by atoms with Crippen molar-refractivity contribution in [2.24, 2.45) is 0 Å². The minimum atomic E-state index is -0.274. The molecular formula is C9H9NO3. The molecule has 1 aromatic heterocycles. The highest BCUT2D eigenvalue weighted by Gasteiger charge is 2.26. The number of carbonyl (C=O) groups excluding carboxylic acids is 2. The number of rotatable bonds is 1. The molecule has 4 nitrogen and oxygen atoms in total. The molecule has 1 unspecified atom stereocenters. The van der Waals surface area contributed by atoms with Crippen LogP contribution in [-0.4, -0.2) is 11.7 Å². The van der Waals surface area contributed by atoms with Gasteiger partial charge in [0.15, 0.2) is 0 Å². The maximum atomic E-state index is 11.1. The third-order valence-corrected chi connectivity index (χ3v) is 2.01. The Hall–Kier alpha value is -1.58. The summed E-state index contributed by atoms with van der Waals surface area (Å²) in [7, 11) is 0. The van der Waals surface area contributed by atoms with Crippen LogP contribution >= 0.6 is 0 Å². The lowest BCUT2D eigenvalue weighted by atomic mass is 10.0. The standard InChI is InChI=1S/C9H9NO3/c11-6-4-7(10-9(12)5-6)8-2-1-3-13-8/h1-3,7H,4-5H2,(H,10,12). The molecule has 1 amide bonds. The average molecular weight is 179 g/mol. The van der Waals surface area contributed by atoms with Gasteiger partial charge < -0.3 is 9.73 Å². The molecule has 0 bridgehead atoms. The molecule has 1 N–H and O–H groups in total. The number of ketones is 1. The monoisotopic (exact) mass is 179 g/mol. The number of Topliss-reactive ketones (excluding diaryl/α,β-unsaturated/α-hetero) is 1. The summed E-state index contributed by atoms with van der Waals surface area (Å²) in [5, 5.41) is 2.70. The van der Waals surface area contributed by atoms with Crippen LogP contribution in [0.1, 0.15) is 24.6 Å². The van der Waals surface area contributed by atoms with E-state index in [0.29, 0.717) is 12.2 Å². The minimum absolute atomic E-state index is 0.00277. The molecule has 1 fully saturated rings.